The minimum Gasteiger partial charge on any atom is -0.495 e. The average Bonchev–Trinajstić information content (AvgIpc) is 2.62. The largest absolute Gasteiger partial charge is 0.495 e. The molecule has 0 saturated heterocycles. The number of aryl methyl sites for hydroxylation is 1. The molecule has 0 spiro atoms. The molecular formula is C18H16ClN3O3. The second-order valence-electron chi connectivity index (χ2n) is 5.33. The van der Waals surface area contributed by atoms with Gasteiger partial charge in [0.1, 0.15) is 12.1 Å². The van der Waals surface area contributed by atoms with E-state index in [-0.39, 0.29) is 12.5 Å². The van der Waals surface area contributed by atoms with E-state index in [4.69, 9.17) is 21.1 Å². The maximum atomic E-state index is 12.2. The molecule has 1 amide bonds. The molecule has 128 valence electrons. The monoisotopic (exact) mass is 357 g/mol. The molecule has 0 aliphatic heterocycles. The molecule has 0 atom stereocenters. The van der Waals surface area contributed by atoms with Crippen LogP contribution < -0.4 is 14.8 Å². The molecule has 3 rings (SSSR count). The van der Waals surface area contributed by atoms with Crippen molar-refractivity contribution < 1.29 is 14.3 Å². The maximum Gasteiger partial charge on any atom is 0.262 e. The summed E-state index contributed by atoms with van der Waals surface area (Å²) in [4.78, 5) is 20.5. The molecular weight excluding hydrogens is 342 g/mol. The lowest BCUT2D eigenvalue weighted by atomic mass is 10.2. The number of amides is 1. The minimum atomic E-state index is -0.331. The van der Waals surface area contributed by atoms with Crippen LogP contribution in [-0.4, -0.2) is 29.6 Å². The van der Waals surface area contributed by atoms with Crippen molar-refractivity contribution in [1.29, 1.82) is 0 Å². The second-order valence-corrected chi connectivity index (χ2v) is 5.74. The van der Waals surface area contributed by atoms with Gasteiger partial charge in [-0.3, -0.25) is 4.79 Å². The molecule has 0 radical (unpaired) electrons. The van der Waals surface area contributed by atoms with E-state index >= 15 is 0 Å². The molecule has 2 aromatic carbocycles. The number of ether oxygens (including phenoxy) is 2. The quantitative estimate of drug-likeness (QED) is 0.755. The van der Waals surface area contributed by atoms with Crippen molar-refractivity contribution in [3.63, 3.8) is 0 Å². The Kier molecular flexibility index (Phi) is 5.00. The zero-order valence-electron chi connectivity index (χ0n) is 13.7. The van der Waals surface area contributed by atoms with E-state index in [1.807, 2.05) is 31.2 Å². The van der Waals surface area contributed by atoms with Gasteiger partial charge in [0.05, 0.1) is 23.7 Å². The highest BCUT2D eigenvalue weighted by Gasteiger charge is 2.12. The molecule has 0 unspecified atom stereocenters. The third-order valence-electron chi connectivity index (χ3n) is 3.60. The Morgan fingerprint density at radius 3 is 2.84 bits per heavy atom. The molecule has 3 aromatic rings. The summed E-state index contributed by atoms with van der Waals surface area (Å²) in [5, 5.41) is 4.07. The number of benzene rings is 2. The van der Waals surface area contributed by atoms with Crippen molar-refractivity contribution in [2.75, 3.05) is 19.0 Å². The number of rotatable bonds is 5. The Morgan fingerprint density at radius 1 is 1.24 bits per heavy atom. The number of nitrogens with zero attached hydrogens (tertiary/aromatic N) is 2. The van der Waals surface area contributed by atoms with Crippen LogP contribution in [0.2, 0.25) is 5.02 Å². The van der Waals surface area contributed by atoms with Gasteiger partial charge in [-0.2, -0.15) is 0 Å². The van der Waals surface area contributed by atoms with Crippen molar-refractivity contribution in [3.8, 4) is 11.6 Å². The lowest BCUT2D eigenvalue weighted by Gasteiger charge is -2.13. The van der Waals surface area contributed by atoms with Gasteiger partial charge in [0.15, 0.2) is 6.61 Å². The van der Waals surface area contributed by atoms with E-state index in [0.29, 0.717) is 22.3 Å². The highest BCUT2D eigenvalue weighted by Crippen LogP contribution is 2.31. The summed E-state index contributed by atoms with van der Waals surface area (Å²) in [7, 11) is 1.51. The number of nitrogens with one attached hydrogen (secondary N) is 1. The Balaban J connectivity index is 1.72. The van der Waals surface area contributed by atoms with Gasteiger partial charge in [-0.05, 0) is 30.7 Å². The Labute approximate surface area is 149 Å². The average molecular weight is 358 g/mol. The number of halogens is 1. The van der Waals surface area contributed by atoms with Crippen molar-refractivity contribution in [2.24, 2.45) is 0 Å². The molecule has 25 heavy (non-hydrogen) atoms. The lowest BCUT2D eigenvalue weighted by molar-refractivity contribution is -0.118. The predicted octanol–water partition coefficient (Wildman–Crippen LogP) is 3.62. The number of fused-ring (bicyclic) bond motifs is 1. The first-order chi connectivity index (χ1) is 12.1. The van der Waals surface area contributed by atoms with Crippen LogP contribution in [0.5, 0.6) is 11.6 Å². The van der Waals surface area contributed by atoms with E-state index in [1.165, 1.54) is 13.4 Å². The molecule has 6 nitrogen and oxygen atoms in total. The molecule has 0 bridgehead atoms. The van der Waals surface area contributed by atoms with Crippen LogP contribution in [0.3, 0.4) is 0 Å². The molecule has 1 heterocycles. The van der Waals surface area contributed by atoms with Gasteiger partial charge in [-0.15, -0.1) is 0 Å². The smallest absolute Gasteiger partial charge is 0.262 e. The van der Waals surface area contributed by atoms with E-state index in [2.05, 4.69) is 15.3 Å². The SMILES string of the molecule is COc1cc(Cl)c(C)cc1NC(=O)COc1ncnc2ccccc12. The fourth-order valence-electron chi connectivity index (χ4n) is 2.35. The molecule has 0 aliphatic carbocycles. The van der Waals surface area contributed by atoms with Crippen LogP contribution in [-0.2, 0) is 4.79 Å². The zero-order valence-corrected chi connectivity index (χ0v) is 14.5. The first-order valence-electron chi connectivity index (χ1n) is 7.55. The minimum absolute atomic E-state index is 0.189. The maximum absolute atomic E-state index is 12.2. The topological polar surface area (TPSA) is 73.3 Å². The third-order valence-corrected chi connectivity index (χ3v) is 4.01. The highest BCUT2D eigenvalue weighted by molar-refractivity contribution is 6.31. The highest BCUT2D eigenvalue weighted by atomic mass is 35.5. The zero-order chi connectivity index (χ0) is 17.8. The van der Waals surface area contributed by atoms with Gasteiger partial charge in [-0.1, -0.05) is 23.7 Å². The standard InChI is InChI=1S/C18H16ClN3O3/c1-11-7-15(16(24-2)8-13(11)19)22-17(23)9-25-18-12-5-3-4-6-14(12)20-10-21-18/h3-8,10H,9H2,1-2H3,(H,22,23). The van der Waals surface area contributed by atoms with Crippen molar-refractivity contribution in [3.05, 3.63) is 53.3 Å². The third kappa shape index (κ3) is 3.80. The lowest BCUT2D eigenvalue weighted by Crippen LogP contribution is -2.21. The van der Waals surface area contributed by atoms with Gasteiger partial charge in [0.25, 0.3) is 5.91 Å². The second kappa shape index (κ2) is 7.36. The van der Waals surface area contributed by atoms with Crippen molar-refractivity contribution in [2.45, 2.75) is 6.92 Å². The van der Waals surface area contributed by atoms with Crippen LogP contribution in [0.15, 0.2) is 42.7 Å². The summed E-state index contributed by atoms with van der Waals surface area (Å²) >= 11 is 6.07. The normalized spacial score (nSPS) is 10.5. The van der Waals surface area contributed by atoms with Crippen molar-refractivity contribution >= 4 is 34.1 Å². The van der Waals surface area contributed by atoms with Gasteiger partial charge in [0.2, 0.25) is 5.88 Å². The molecule has 0 saturated carbocycles. The number of anilines is 1. The molecule has 1 aromatic heterocycles. The van der Waals surface area contributed by atoms with Crippen LogP contribution >= 0.6 is 11.6 Å². The van der Waals surface area contributed by atoms with Crippen LogP contribution in [0, 0.1) is 6.92 Å². The molecule has 1 N–H and O–H groups in total. The van der Waals surface area contributed by atoms with Crippen LogP contribution in [0.4, 0.5) is 5.69 Å². The van der Waals surface area contributed by atoms with E-state index in [9.17, 15) is 4.79 Å². The summed E-state index contributed by atoms with van der Waals surface area (Å²) in [5.41, 5.74) is 2.12. The van der Waals surface area contributed by atoms with Gasteiger partial charge in [0, 0.05) is 11.1 Å². The summed E-state index contributed by atoms with van der Waals surface area (Å²) in [6, 6.07) is 10.8. The molecule has 7 heteroatoms. The first-order valence-corrected chi connectivity index (χ1v) is 7.93. The van der Waals surface area contributed by atoms with E-state index in [1.54, 1.807) is 12.1 Å². The van der Waals surface area contributed by atoms with E-state index < -0.39 is 0 Å². The summed E-state index contributed by atoms with van der Waals surface area (Å²) in [6.45, 7) is 1.66. The first kappa shape index (κ1) is 17.0. The number of carbonyl (C=O) groups is 1. The van der Waals surface area contributed by atoms with E-state index in [0.717, 1.165) is 16.5 Å². The Morgan fingerprint density at radius 2 is 2.04 bits per heavy atom. The number of hydrogen-bond acceptors (Lipinski definition) is 5. The summed E-state index contributed by atoms with van der Waals surface area (Å²) in [5.74, 6) is 0.513. The number of hydrogen-bond donors (Lipinski definition) is 1. The van der Waals surface area contributed by atoms with Gasteiger partial charge in [-0.25, -0.2) is 9.97 Å². The number of para-hydroxylation sites is 1. The fraction of sp³-hybridized carbons (Fsp3) is 0.167. The summed E-state index contributed by atoms with van der Waals surface area (Å²) in [6.07, 6.45) is 1.40. The Bertz CT molecular complexity index is 925. The fourth-order valence-corrected chi connectivity index (χ4v) is 2.50. The Hall–Kier alpha value is -2.86. The summed E-state index contributed by atoms with van der Waals surface area (Å²) < 4.78 is 10.8. The number of aromatic nitrogens is 2. The number of carbonyl (C=O) groups excluding carboxylic acids is 1. The van der Waals surface area contributed by atoms with Gasteiger partial charge >= 0.3 is 0 Å². The molecule has 0 aliphatic rings. The van der Waals surface area contributed by atoms with Crippen molar-refractivity contribution in [1.82, 2.24) is 9.97 Å². The van der Waals surface area contributed by atoms with Crippen LogP contribution in [0.25, 0.3) is 10.9 Å². The predicted molar refractivity (Wildman–Crippen MR) is 96.4 cm³/mol. The number of methoxy groups -OCH3 is 1. The van der Waals surface area contributed by atoms with Crippen LogP contribution in [0.1, 0.15) is 5.56 Å². The molecule has 0 fully saturated rings. The van der Waals surface area contributed by atoms with Gasteiger partial charge < -0.3 is 14.8 Å².